The number of aliphatic hydroxyl groups is 2. The molecule has 5 heterocycles. The Labute approximate surface area is 335 Å². The smallest absolute Gasteiger partial charge is 0.332 e. The van der Waals surface area contributed by atoms with Crippen molar-refractivity contribution in [3.8, 4) is 28.3 Å². The normalized spacial score (nSPS) is 21.2. The Hall–Kier alpha value is -4.55. The van der Waals surface area contributed by atoms with E-state index in [1.165, 1.54) is 14.1 Å². The maximum atomic E-state index is 13.9. The van der Waals surface area contributed by atoms with Gasteiger partial charge in [0.1, 0.15) is 11.2 Å². The number of nitrogens with one attached hydrogen (secondary N) is 2. The maximum absolute atomic E-state index is 13.9. The molecule has 3 aromatic heterocycles. The van der Waals surface area contributed by atoms with Crippen molar-refractivity contribution >= 4 is 45.7 Å². The molecule has 2 saturated heterocycles. The van der Waals surface area contributed by atoms with E-state index in [1.807, 2.05) is 17.0 Å². The van der Waals surface area contributed by atoms with Crippen LogP contribution in [0.2, 0.25) is 10.0 Å². The lowest BCUT2D eigenvalue weighted by Crippen LogP contribution is -2.64. The number of aromatic nitrogens is 5. The van der Waals surface area contributed by atoms with Crippen LogP contribution in [0.1, 0.15) is 48.7 Å². The lowest BCUT2D eigenvalue weighted by molar-refractivity contribution is -0.0820. The van der Waals surface area contributed by atoms with Gasteiger partial charge in [-0.25, -0.2) is 28.5 Å². The molecule has 2 aromatic carbocycles. The summed E-state index contributed by atoms with van der Waals surface area (Å²) in [4.78, 5) is 42.9. The first-order chi connectivity index (χ1) is 27.3. The summed E-state index contributed by atoms with van der Waals surface area (Å²) in [5.41, 5.74) is 2.80. The van der Waals surface area contributed by atoms with Crippen LogP contribution in [-0.4, -0.2) is 95.9 Å². The number of aliphatic hydroxyl groups excluding tert-OH is 2. The molecule has 0 radical (unpaired) electrons. The maximum Gasteiger partial charge on any atom is 0.332 e. The number of rotatable bonds is 9. The van der Waals surface area contributed by atoms with Crippen molar-refractivity contribution < 1.29 is 23.7 Å². The number of likely N-dealkylation sites (tertiary alicyclic amines) is 1. The van der Waals surface area contributed by atoms with Crippen molar-refractivity contribution in [3.63, 3.8) is 0 Å². The van der Waals surface area contributed by atoms with Crippen LogP contribution in [0.15, 0.2) is 52.1 Å². The fourth-order valence-electron chi connectivity index (χ4n) is 8.58. The van der Waals surface area contributed by atoms with E-state index in [9.17, 15) is 28.6 Å². The van der Waals surface area contributed by atoms with Gasteiger partial charge in [0.05, 0.1) is 35.1 Å². The SMILES string of the molecule is COc1nc(-c2cccc(-c3cccc(Nc4nc(C(F)F)nc5c4c(=O)n(C)c(=O)n5C)c3Cl)c2Cl)cc2c1C(N1CCC3(CCN(CCO)C(O)N3)C1)CC2. The van der Waals surface area contributed by atoms with Gasteiger partial charge in [0, 0.05) is 74.1 Å². The van der Waals surface area contributed by atoms with Gasteiger partial charge in [0.15, 0.2) is 17.8 Å². The van der Waals surface area contributed by atoms with Crippen molar-refractivity contribution in [1.29, 1.82) is 0 Å². The summed E-state index contributed by atoms with van der Waals surface area (Å²) >= 11 is 14.2. The molecule has 300 valence electrons. The summed E-state index contributed by atoms with van der Waals surface area (Å²) in [5.74, 6) is -0.581. The van der Waals surface area contributed by atoms with Crippen LogP contribution < -0.4 is 26.6 Å². The average Bonchev–Trinajstić information content (AvgIpc) is 3.82. The zero-order valence-corrected chi connectivity index (χ0v) is 32.9. The zero-order chi connectivity index (χ0) is 40.3. The molecule has 3 atom stereocenters. The monoisotopic (exact) mass is 823 g/mol. The number of β-amino-alcohol motifs (C(OH)–C–C–N with tert-alkyl or cyclic N) is 1. The summed E-state index contributed by atoms with van der Waals surface area (Å²) in [6.07, 6.45) is -0.424. The zero-order valence-electron chi connectivity index (χ0n) is 31.4. The summed E-state index contributed by atoms with van der Waals surface area (Å²) in [7, 11) is 4.22. The van der Waals surface area contributed by atoms with E-state index >= 15 is 0 Å². The molecular formula is C39H41Cl2F2N9O5. The van der Waals surface area contributed by atoms with Gasteiger partial charge in [-0.15, -0.1) is 0 Å². The van der Waals surface area contributed by atoms with Gasteiger partial charge < -0.3 is 20.3 Å². The Kier molecular flexibility index (Phi) is 10.6. The van der Waals surface area contributed by atoms with E-state index in [4.69, 9.17) is 32.9 Å². The Bertz CT molecular complexity index is 2520. The minimum atomic E-state index is -3.08. The highest BCUT2D eigenvalue weighted by Crippen LogP contribution is 2.47. The number of hydrogen-bond donors (Lipinski definition) is 4. The van der Waals surface area contributed by atoms with Crippen LogP contribution in [0.3, 0.4) is 0 Å². The highest BCUT2D eigenvalue weighted by molar-refractivity contribution is 6.39. The van der Waals surface area contributed by atoms with Gasteiger partial charge in [-0.05, 0) is 43.4 Å². The second kappa shape index (κ2) is 15.3. The lowest BCUT2D eigenvalue weighted by Gasteiger charge is -2.44. The molecule has 0 amide bonds. The number of ether oxygens (including phenoxy) is 1. The van der Waals surface area contributed by atoms with E-state index < -0.39 is 29.9 Å². The molecule has 8 rings (SSSR count). The predicted molar refractivity (Wildman–Crippen MR) is 212 cm³/mol. The van der Waals surface area contributed by atoms with E-state index in [-0.39, 0.29) is 45.7 Å². The minimum absolute atomic E-state index is 0.00807. The molecule has 5 aromatic rings. The number of alkyl halides is 2. The Morgan fingerprint density at radius 3 is 2.46 bits per heavy atom. The van der Waals surface area contributed by atoms with Gasteiger partial charge >= 0.3 is 5.69 Å². The van der Waals surface area contributed by atoms with Gasteiger partial charge in [0.25, 0.3) is 12.0 Å². The number of benzene rings is 2. The van der Waals surface area contributed by atoms with Crippen LogP contribution >= 0.6 is 23.2 Å². The summed E-state index contributed by atoms with van der Waals surface area (Å²) < 4.78 is 35.7. The second-order valence-corrected chi connectivity index (χ2v) is 15.5. The number of pyridine rings is 1. The number of anilines is 2. The molecular weight excluding hydrogens is 783 g/mol. The van der Waals surface area contributed by atoms with Crippen molar-refractivity contribution in [2.24, 2.45) is 14.1 Å². The third-order valence-electron chi connectivity index (χ3n) is 11.5. The van der Waals surface area contributed by atoms with Gasteiger partial charge in [-0.3, -0.25) is 29.0 Å². The van der Waals surface area contributed by atoms with Crippen molar-refractivity contribution in [2.75, 3.05) is 45.2 Å². The first kappa shape index (κ1) is 39.3. The number of halogens is 4. The molecule has 1 aliphatic carbocycles. The van der Waals surface area contributed by atoms with E-state index in [0.29, 0.717) is 46.4 Å². The molecule has 3 unspecified atom stereocenters. The number of hydrogen-bond acceptors (Lipinski definition) is 12. The minimum Gasteiger partial charge on any atom is -0.481 e. The van der Waals surface area contributed by atoms with Crippen LogP contribution in [-0.2, 0) is 20.5 Å². The Morgan fingerprint density at radius 1 is 1.02 bits per heavy atom. The average molecular weight is 825 g/mol. The number of methoxy groups -OCH3 is 1. The number of nitrogens with zero attached hydrogens (tertiary/aromatic N) is 7. The highest BCUT2D eigenvalue weighted by Gasteiger charge is 2.46. The van der Waals surface area contributed by atoms with Gasteiger partial charge in [-0.1, -0.05) is 53.5 Å². The quantitative estimate of drug-likeness (QED) is 0.162. The third-order valence-corrected chi connectivity index (χ3v) is 12.3. The molecule has 0 bridgehead atoms. The molecule has 14 nitrogen and oxygen atoms in total. The predicted octanol–water partition coefficient (Wildman–Crippen LogP) is 4.75. The first-order valence-electron chi connectivity index (χ1n) is 18.6. The fraction of sp³-hybridized carbons (Fsp3) is 0.410. The van der Waals surface area contributed by atoms with Crippen molar-refractivity contribution in [3.05, 3.63) is 90.3 Å². The van der Waals surface area contributed by atoms with E-state index in [0.717, 1.165) is 59.0 Å². The summed E-state index contributed by atoms with van der Waals surface area (Å²) in [5, 5.41) is 26.9. The largest absolute Gasteiger partial charge is 0.481 e. The molecule has 3 aliphatic rings. The number of fused-ring (bicyclic) bond motifs is 2. The fourth-order valence-corrected chi connectivity index (χ4v) is 9.18. The van der Waals surface area contributed by atoms with Crippen molar-refractivity contribution in [1.82, 2.24) is 39.2 Å². The Morgan fingerprint density at radius 2 is 1.74 bits per heavy atom. The topological polar surface area (TPSA) is 163 Å². The molecule has 0 saturated carbocycles. The molecule has 2 aliphatic heterocycles. The van der Waals surface area contributed by atoms with Gasteiger partial charge in [-0.2, -0.15) is 0 Å². The van der Waals surface area contributed by atoms with Crippen molar-refractivity contribution in [2.45, 2.75) is 50.0 Å². The highest BCUT2D eigenvalue weighted by atomic mass is 35.5. The van der Waals surface area contributed by atoms with Gasteiger partial charge in [0.2, 0.25) is 5.88 Å². The Balaban J connectivity index is 1.10. The van der Waals surface area contributed by atoms with Crippen LogP contribution in [0, 0.1) is 0 Å². The molecule has 1 spiro atoms. The third kappa shape index (κ3) is 6.86. The second-order valence-electron chi connectivity index (χ2n) is 14.8. The van der Waals surface area contributed by atoms with E-state index in [2.05, 4.69) is 31.6 Å². The molecule has 4 N–H and O–H groups in total. The van der Waals surface area contributed by atoms with E-state index in [1.54, 1.807) is 31.4 Å². The number of aryl methyl sites for hydroxylation is 2. The summed E-state index contributed by atoms with van der Waals surface area (Å²) in [6, 6.07) is 12.7. The standard InChI is InChI=1S/C39H41Cl2F2N9O5/c1-49-34-28(36(54)50(2)38(49)56)32(46-33(47-34)31(42)43)44-24-9-5-7-22(30(24)41)21-6-4-8-23(29(21)40)25-18-20-10-11-26(27(20)35(45-25)57-3)52-15-13-39(19-52)12-14-51(16-17-53)37(55)48-39/h4-9,18,26,31,37,48,53,55H,10-17,19H2,1-3H3,(H,44,46,47). The van der Waals surface area contributed by atoms with Crippen LogP contribution in [0.25, 0.3) is 33.4 Å². The molecule has 57 heavy (non-hydrogen) atoms. The first-order valence-corrected chi connectivity index (χ1v) is 19.3. The van der Waals surface area contributed by atoms with Crippen LogP contribution in [0.4, 0.5) is 20.3 Å². The molecule has 18 heteroatoms. The van der Waals surface area contributed by atoms with Crippen LogP contribution in [0.5, 0.6) is 5.88 Å². The lowest BCUT2D eigenvalue weighted by atomic mass is 9.92. The molecule has 2 fully saturated rings. The summed E-state index contributed by atoms with van der Waals surface area (Å²) in [6.45, 7) is 2.74.